The largest absolute Gasteiger partial charge is 0.497 e. The molecule has 2 atom stereocenters. The summed E-state index contributed by atoms with van der Waals surface area (Å²) in [6.07, 6.45) is 2.65. The Morgan fingerprint density at radius 1 is 1.00 bits per heavy atom. The van der Waals surface area contributed by atoms with Crippen LogP contribution in [0, 0.1) is 0 Å². The summed E-state index contributed by atoms with van der Waals surface area (Å²) in [6.45, 7) is 4.28. The number of carbonyl (C=O) groups excluding carboxylic acids is 2. The molecule has 0 spiro atoms. The first-order chi connectivity index (χ1) is 14.6. The van der Waals surface area contributed by atoms with Gasteiger partial charge >= 0.3 is 0 Å². The van der Waals surface area contributed by atoms with E-state index >= 15 is 0 Å². The zero-order valence-corrected chi connectivity index (χ0v) is 17.8. The number of hydrogen-bond acceptors (Lipinski definition) is 3. The lowest BCUT2D eigenvalue weighted by molar-refractivity contribution is -0.918. The molecule has 2 aromatic carbocycles. The number of nitrogens with one attached hydrogen (secondary N) is 3. The number of ether oxygens (including phenoxy) is 1. The molecular weight excluding hydrogens is 378 g/mol. The number of benzene rings is 2. The van der Waals surface area contributed by atoms with Gasteiger partial charge in [-0.05, 0) is 29.8 Å². The van der Waals surface area contributed by atoms with Crippen LogP contribution >= 0.6 is 0 Å². The van der Waals surface area contributed by atoms with Gasteiger partial charge < -0.3 is 20.3 Å². The highest BCUT2D eigenvalue weighted by molar-refractivity contribution is 5.79. The van der Waals surface area contributed by atoms with Crippen molar-refractivity contribution in [3.8, 4) is 5.75 Å². The quantitative estimate of drug-likeness (QED) is 0.590. The fourth-order valence-corrected chi connectivity index (χ4v) is 4.17. The zero-order chi connectivity index (χ0) is 21.3. The highest BCUT2D eigenvalue weighted by Gasteiger charge is 2.28. The molecule has 0 unspecified atom stereocenters. The molecule has 2 amide bonds. The maximum absolute atomic E-state index is 12.8. The normalized spacial score (nSPS) is 15.9. The lowest BCUT2D eigenvalue weighted by Gasteiger charge is -2.26. The van der Waals surface area contributed by atoms with E-state index in [1.165, 1.54) is 30.2 Å². The average Bonchev–Trinajstić information content (AvgIpc) is 3.29. The Kier molecular flexibility index (Phi) is 7.85. The molecule has 3 N–H and O–H groups in total. The van der Waals surface area contributed by atoms with Crippen molar-refractivity contribution in [1.82, 2.24) is 10.6 Å². The van der Waals surface area contributed by atoms with Gasteiger partial charge in [-0.3, -0.25) is 9.59 Å². The SMILES string of the molecule is COc1ccc([C@@H](CNC(=O)C[C@H](NC(C)=O)c2ccccc2)[NH+]2CCCC2)cc1. The first-order valence-electron chi connectivity index (χ1n) is 10.6. The number of rotatable bonds is 9. The number of methoxy groups -OCH3 is 1. The minimum atomic E-state index is -0.331. The Bertz CT molecular complexity index is 817. The Morgan fingerprint density at radius 3 is 2.27 bits per heavy atom. The average molecular weight is 411 g/mol. The number of likely N-dealkylation sites (tertiary alicyclic amines) is 1. The molecule has 2 aromatic rings. The Hall–Kier alpha value is -2.86. The van der Waals surface area contributed by atoms with Crippen LogP contribution in [0.5, 0.6) is 5.75 Å². The van der Waals surface area contributed by atoms with Gasteiger partial charge in [-0.25, -0.2) is 0 Å². The highest BCUT2D eigenvalue weighted by Crippen LogP contribution is 2.18. The zero-order valence-electron chi connectivity index (χ0n) is 17.8. The van der Waals surface area contributed by atoms with Gasteiger partial charge in [0.15, 0.2) is 0 Å². The number of quaternary nitrogens is 1. The van der Waals surface area contributed by atoms with Crippen LogP contribution in [0.2, 0.25) is 0 Å². The van der Waals surface area contributed by atoms with Crippen LogP contribution < -0.4 is 20.3 Å². The summed E-state index contributed by atoms with van der Waals surface area (Å²) in [5.41, 5.74) is 2.13. The molecule has 1 saturated heterocycles. The molecule has 6 heteroatoms. The van der Waals surface area contributed by atoms with Gasteiger partial charge in [0.05, 0.1) is 39.2 Å². The first-order valence-corrected chi connectivity index (χ1v) is 10.6. The molecule has 1 fully saturated rings. The van der Waals surface area contributed by atoms with Crippen LogP contribution in [0.3, 0.4) is 0 Å². The van der Waals surface area contributed by atoms with E-state index < -0.39 is 0 Å². The van der Waals surface area contributed by atoms with E-state index in [9.17, 15) is 9.59 Å². The van der Waals surface area contributed by atoms with Crippen molar-refractivity contribution in [1.29, 1.82) is 0 Å². The summed E-state index contributed by atoms with van der Waals surface area (Å²) in [6, 6.07) is 17.6. The second-order valence-corrected chi connectivity index (χ2v) is 7.86. The van der Waals surface area contributed by atoms with Crippen molar-refractivity contribution in [2.24, 2.45) is 0 Å². The molecule has 0 aromatic heterocycles. The van der Waals surface area contributed by atoms with Crippen LogP contribution in [0.4, 0.5) is 0 Å². The molecule has 1 aliphatic rings. The maximum atomic E-state index is 12.8. The van der Waals surface area contributed by atoms with E-state index in [2.05, 4.69) is 22.8 Å². The number of carbonyl (C=O) groups is 2. The van der Waals surface area contributed by atoms with E-state index in [-0.39, 0.29) is 30.3 Å². The smallest absolute Gasteiger partial charge is 0.222 e. The van der Waals surface area contributed by atoms with Crippen molar-refractivity contribution in [3.05, 3.63) is 65.7 Å². The van der Waals surface area contributed by atoms with E-state index in [0.717, 1.165) is 24.4 Å². The van der Waals surface area contributed by atoms with Crippen LogP contribution in [0.15, 0.2) is 54.6 Å². The van der Waals surface area contributed by atoms with E-state index in [1.54, 1.807) is 7.11 Å². The second-order valence-electron chi connectivity index (χ2n) is 7.86. The summed E-state index contributed by atoms with van der Waals surface area (Å²) < 4.78 is 5.28. The minimum Gasteiger partial charge on any atom is -0.497 e. The number of amides is 2. The van der Waals surface area contributed by atoms with Crippen LogP contribution in [0.25, 0.3) is 0 Å². The topological polar surface area (TPSA) is 71.9 Å². The third kappa shape index (κ3) is 6.07. The summed E-state index contributed by atoms with van der Waals surface area (Å²) in [5, 5.41) is 6.01. The summed E-state index contributed by atoms with van der Waals surface area (Å²) in [4.78, 5) is 25.9. The minimum absolute atomic E-state index is 0.0605. The van der Waals surface area contributed by atoms with Gasteiger partial charge in [0.1, 0.15) is 11.8 Å². The summed E-state index contributed by atoms with van der Waals surface area (Å²) >= 11 is 0. The molecule has 0 bridgehead atoms. The van der Waals surface area contributed by atoms with E-state index in [4.69, 9.17) is 4.74 Å². The molecule has 0 saturated carbocycles. The van der Waals surface area contributed by atoms with Crippen molar-refractivity contribution in [2.75, 3.05) is 26.7 Å². The highest BCUT2D eigenvalue weighted by atomic mass is 16.5. The van der Waals surface area contributed by atoms with Crippen molar-refractivity contribution in [2.45, 2.75) is 38.3 Å². The van der Waals surface area contributed by atoms with Gasteiger partial charge in [0, 0.05) is 25.3 Å². The summed E-state index contributed by atoms with van der Waals surface area (Å²) in [7, 11) is 1.66. The van der Waals surface area contributed by atoms with Crippen LogP contribution in [0.1, 0.15) is 49.4 Å². The Labute approximate surface area is 178 Å². The lowest BCUT2D eigenvalue weighted by Crippen LogP contribution is -3.11. The number of hydrogen-bond donors (Lipinski definition) is 3. The Morgan fingerprint density at radius 2 is 1.67 bits per heavy atom. The molecule has 1 aliphatic heterocycles. The fraction of sp³-hybridized carbons (Fsp3) is 0.417. The molecule has 30 heavy (non-hydrogen) atoms. The lowest BCUT2D eigenvalue weighted by atomic mass is 10.0. The van der Waals surface area contributed by atoms with Crippen molar-refractivity contribution < 1.29 is 19.2 Å². The fourth-order valence-electron chi connectivity index (χ4n) is 4.17. The van der Waals surface area contributed by atoms with Crippen LogP contribution in [-0.4, -0.2) is 38.6 Å². The maximum Gasteiger partial charge on any atom is 0.222 e. The standard InChI is InChI=1S/C24H31N3O3/c1-18(28)26-22(19-8-4-3-5-9-19)16-24(29)25-17-23(27-14-6-7-15-27)20-10-12-21(30-2)13-11-20/h3-5,8-13,22-23H,6-7,14-17H2,1-2H3,(H,25,29)(H,26,28)/p+1/t22-,23+/m0/s1. The first kappa shape index (κ1) is 21.8. The van der Waals surface area contributed by atoms with E-state index in [0.29, 0.717) is 6.54 Å². The second kappa shape index (κ2) is 10.8. The van der Waals surface area contributed by atoms with Crippen molar-refractivity contribution in [3.63, 3.8) is 0 Å². The predicted octanol–water partition coefficient (Wildman–Crippen LogP) is 1.80. The van der Waals surface area contributed by atoms with Gasteiger partial charge in [-0.1, -0.05) is 30.3 Å². The molecule has 160 valence electrons. The molecule has 0 aliphatic carbocycles. The molecule has 3 rings (SSSR count). The molecule has 6 nitrogen and oxygen atoms in total. The molecule has 0 radical (unpaired) electrons. The third-order valence-corrected chi connectivity index (χ3v) is 5.73. The molecular formula is C24H32N3O3+. The Balaban J connectivity index is 1.66. The van der Waals surface area contributed by atoms with E-state index in [1.807, 2.05) is 42.5 Å². The molecule has 1 heterocycles. The van der Waals surface area contributed by atoms with Crippen molar-refractivity contribution >= 4 is 11.8 Å². The summed E-state index contributed by atoms with van der Waals surface area (Å²) in [5.74, 6) is 0.628. The van der Waals surface area contributed by atoms with Gasteiger partial charge in [0.25, 0.3) is 0 Å². The van der Waals surface area contributed by atoms with Crippen LogP contribution in [-0.2, 0) is 9.59 Å². The predicted molar refractivity (Wildman–Crippen MR) is 116 cm³/mol. The van der Waals surface area contributed by atoms with Gasteiger partial charge in [-0.2, -0.15) is 0 Å². The third-order valence-electron chi connectivity index (χ3n) is 5.73. The monoisotopic (exact) mass is 410 g/mol. The van der Waals surface area contributed by atoms with Gasteiger partial charge in [0.2, 0.25) is 11.8 Å². The van der Waals surface area contributed by atoms with Gasteiger partial charge in [-0.15, -0.1) is 0 Å².